The number of halogens is 1. The lowest BCUT2D eigenvalue weighted by Crippen LogP contribution is -2.08. The van der Waals surface area contributed by atoms with Crippen molar-refractivity contribution in [2.45, 2.75) is 29.4 Å². The molecular weight excluding hydrogens is 456 g/mol. The Morgan fingerprint density at radius 3 is 2.48 bits per heavy atom. The Kier molecular flexibility index (Phi) is 5.72. The topological polar surface area (TPSA) is 77.0 Å². The molecule has 0 aliphatic heterocycles. The fourth-order valence-electron chi connectivity index (χ4n) is 4.22. The molecular formula is C26H21ClN2O3S. The third-order valence-electron chi connectivity index (χ3n) is 6.08. The Morgan fingerprint density at radius 1 is 0.970 bits per heavy atom. The van der Waals surface area contributed by atoms with Gasteiger partial charge in [0.25, 0.3) is 0 Å². The van der Waals surface area contributed by atoms with E-state index < -0.39 is 9.84 Å². The van der Waals surface area contributed by atoms with Crippen molar-refractivity contribution >= 4 is 38.0 Å². The van der Waals surface area contributed by atoms with Crippen LogP contribution in [0.1, 0.15) is 29.3 Å². The van der Waals surface area contributed by atoms with E-state index in [2.05, 4.69) is 9.97 Å². The summed E-state index contributed by atoms with van der Waals surface area (Å²) >= 11 is 6.30. The number of aromatic nitrogens is 2. The fourth-order valence-corrected chi connectivity index (χ4v) is 5.67. The second-order valence-corrected chi connectivity index (χ2v) is 10.8. The number of benzene rings is 3. The molecule has 1 fully saturated rings. The van der Waals surface area contributed by atoms with E-state index in [1.165, 1.54) is 12.4 Å². The van der Waals surface area contributed by atoms with Crippen molar-refractivity contribution in [3.63, 3.8) is 0 Å². The molecule has 1 unspecified atom stereocenters. The number of ketones is 1. The molecule has 5 nitrogen and oxygen atoms in total. The lowest BCUT2D eigenvalue weighted by atomic mass is 10.00. The van der Waals surface area contributed by atoms with Gasteiger partial charge in [0.15, 0.2) is 9.84 Å². The van der Waals surface area contributed by atoms with E-state index in [1.54, 1.807) is 18.2 Å². The van der Waals surface area contributed by atoms with Gasteiger partial charge in [0, 0.05) is 35.1 Å². The summed E-state index contributed by atoms with van der Waals surface area (Å²) in [6.45, 7) is 0. The van der Waals surface area contributed by atoms with E-state index in [9.17, 15) is 13.2 Å². The molecule has 0 N–H and O–H groups in total. The van der Waals surface area contributed by atoms with Crippen molar-refractivity contribution in [2.24, 2.45) is 5.92 Å². The van der Waals surface area contributed by atoms with Crippen LogP contribution in [0, 0.1) is 5.92 Å². The Morgan fingerprint density at radius 2 is 1.73 bits per heavy atom. The lowest BCUT2D eigenvalue weighted by Gasteiger charge is -2.07. The van der Waals surface area contributed by atoms with Crippen molar-refractivity contribution in [3.8, 4) is 0 Å². The first-order chi connectivity index (χ1) is 15.9. The summed E-state index contributed by atoms with van der Waals surface area (Å²) in [6.07, 6.45) is 4.21. The van der Waals surface area contributed by atoms with Gasteiger partial charge in [-0.2, -0.15) is 0 Å². The van der Waals surface area contributed by atoms with Crippen LogP contribution in [0.4, 0.5) is 0 Å². The zero-order valence-corrected chi connectivity index (χ0v) is 19.3. The van der Waals surface area contributed by atoms with Crippen LogP contribution in [0.5, 0.6) is 0 Å². The van der Waals surface area contributed by atoms with Gasteiger partial charge in [0.05, 0.1) is 4.90 Å². The van der Waals surface area contributed by atoms with Gasteiger partial charge in [0.1, 0.15) is 17.4 Å². The number of hydrogen-bond acceptors (Lipinski definition) is 5. The number of fused-ring (bicyclic) bond motifs is 1. The normalized spacial score (nSPS) is 17.7. The summed E-state index contributed by atoms with van der Waals surface area (Å²) in [7, 11) is -3.53. The highest BCUT2D eigenvalue weighted by atomic mass is 35.5. The molecule has 0 saturated heterocycles. The maximum atomic E-state index is 12.9. The van der Waals surface area contributed by atoms with E-state index in [1.807, 2.05) is 48.5 Å². The first kappa shape index (κ1) is 21.7. The van der Waals surface area contributed by atoms with E-state index in [4.69, 9.17) is 11.6 Å². The molecule has 3 aromatic carbocycles. The Bertz CT molecular complexity index is 1440. The van der Waals surface area contributed by atoms with Crippen molar-refractivity contribution in [1.29, 1.82) is 0 Å². The first-order valence-corrected chi connectivity index (χ1v) is 12.7. The molecule has 1 saturated carbocycles. The number of rotatable bonds is 7. The van der Waals surface area contributed by atoms with Gasteiger partial charge < -0.3 is 0 Å². The minimum atomic E-state index is -3.53. The maximum absolute atomic E-state index is 12.9. The molecule has 0 bridgehead atoms. The van der Waals surface area contributed by atoms with Crippen molar-refractivity contribution in [1.82, 2.24) is 9.97 Å². The van der Waals surface area contributed by atoms with Gasteiger partial charge in [-0.25, -0.2) is 18.4 Å². The van der Waals surface area contributed by atoms with Gasteiger partial charge in [-0.05, 0) is 59.2 Å². The number of sulfone groups is 1. The number of carbonyl (C=O) groups excluding carboxylic acids is 1. The van der Waals surface area contributed by atoms with Crippen LogP contribution in [0.25, 0.3) is 10.8 Å². The van der Waals surface area contributed by atoms with Crippen molar-refractivity contribution in [2.75, 3.05) is 0 Å². The molecule has 1 aliphatic rings. The number of carbonyl (C=O) groups is 1. The van der Waals surface area contributed by atoms with E-state index in [-0.39, 0.29) is 34.1 Å². The Hall–Kier alpha value is -3.09. The molecule has 0 spiro atoms. The van der Waals surface area contributed by atoms with Crippen molar-refractivity contribution < 1.29 is 13.2 Å². The molecule has 0 amide bonds. The van der Waals surface area contributed by atoms with E-state index in [0.717, 1.165) is 28.3 Å². The third kappa shape index (κ3) is 4.68. The molecule has 4 aromatic rings. The number of nitrogens with zero attached hydrogens (tertiary/aromatic N) is 2. The SMILES string of the molecule is O=C(Cc1ccc2cccc(Cl)c2c1)[C@@H]1CC1c1ccc(S(=O)(=O)Cc2ncccn2)cc1. The van der Waals surface area contributed by atoms with Gasteiger partial charge in [-0.1, -0.05) is 48.0 Å². The minimum absolute atomic E-state index is 0.0351. The summed E-state index contributed by atoms with van der Waals surface area (Å²) in [5, 5.41) is 2.69. The lowest BCUT2D eigenvalue weighted by molar-refractivity contribution is -0.119. The molecule has 166 valence electrons. The highest BCUT2D eigenvalue weighted by molar-refractivity contribution is 7.90. The van der Waals surface area contributed by atoms with Crippen LogP contribution in [-0.4, -0.2) is 24.2 Å². The number of Topliss-reactive ketones (excluding diaryl/α,β-unsaturated/α-hetero) is 1. The summed E-state index contributed by atoms with van der Waals surface area (Å²) in [5.74, 6) is 0.324. The zero-order chi connectivity index (χ0) is 23.0. The first-order valence-electron chi connectivity index (χ1n) is 10.7. The van der Waals surface area contributed by atoms with Crippen LogP contribution in [-0.2, 0) is 26.8 Å². The summed E-state index contributed by atoms with van der Waals surface area (Å²) in [5.41, 5.74) is 1.95. The maximum Gasteiger partial charge on any atom is 0.185 e. The zero-order valence-electron chi connectivity index (χ0n) is 17.7. The van der Waals surface area contributed by atoms with E-state index >= 15 is 0 Å². The predicted octanol–water partition coefficient (Wildman–Crippen LogP) is 5.17. The molecule has 5 rings (SSSR count). The highest BCUT2D eigenvalue weighted by Crippen LogP contribution is 2.48. The monoisotopic (exact) mass is 476 g/mol. The second kappa shape index (κ2) is 8.69. The molecule has 33 heavy (non-hydrogen) atoms. The molecule has 7 heteroatoms. The van der Waals surface area contributed by atoms with Crippen LogP contribution in [0.3, 0.4) is 0 Å². The van der Waals surface area contributed by atoms with Crippen LogP contribution < -0.4 is 0 Å². The van der Waals surface area contributed by atoms with Gasteiger partial charge >= 0.3 is 0 Å². The standard InChI is InChI=1S/C26H21ClN2O3S/c27-24-4-1-3-18-6-5-17(13-22(18)24)14-25(30)23-15-21(23)19-7-9-20(10-8-19)33(31,32)16-26-28-11-2-12-29-26/h1-13,21,23H,14-16H2/t21?,23-/m1/s1. The Labute approximate surface area is 197 Å². The second-order valence-electron chi connectivity index (χ2n) is 8.38. The van der Waals surface area contributed by atoms with Crippen LogP contribution in [0.15, 0.2) is 84.0 Å². The third-order valence-corrected chi connectivity index (χ3v) is 8.04. The fraction of sp³-hybridized carbons (Fsp3) is 0.192. The molecule has 2 atom stereocenters. The molecule has 1 aromatic heterocycles. The highest BCUT2D eigenvalue weighted by Gasteiger charge is 2.43. The Balaban J connectivity index is 1.25. The van der Waals surface area contributed by atoms with Crippen LogP contribution >= 0.6 is 11.6 Å². The predicted molar refractivity (Wildman–Crippen MR) is 128 cm³/mol. The summed E-state index contributed by atoms with van der Waals surface area (Å²) < 4.78 is 25.3. The largest absolute Gasteiger partial charge is 0.299 e. The summed E-state index contributed by atoms with van der Waals surface area (Å²) in [6, 6.07) is 20.2. The average molecular weight is 477 g/mol. The quantitative estimate of drug-likeness (QED) is 0.367. The molecule has 1 heterocycles. The van der Waals surface area contributed by atoms with Gasteiger partial charge in [-0.15, -0.1) is 0 Å². The molecule has 0 radical (unpaired) electrons. The smallest absolute Gasteiger partial charge is 0.185 e. The van der Waals surface area contributed by atoms with Crippen LogP contribution in [0.2, 0.25) is 5.02 Å². The van der Waals surface area contributed by atoms with Crippen molar-refractivity contribution in [3.05, 3.63) is 101 Å². The average Bonchev–Trinajstić information content (AvgIpc) is 3.61. The molecule has 1 aliphatic carbocycles. The van der Waals surface area contributed by atoms with E-state index in [0.29, 0.717) is 11.4 Å². The summed E-state index contributed by atoms with van der Waals surface area (Å²) in [4.78, 5) is 21.1. The van der Waals surface area contributed by atoms with Gasteiger partial charge in [0.2, 0.25) is 0 Å². The minimum Gasteiger partial charge on any atom is -0.299 e. The van der Waals surface area contributed by atoms with Gasteiger partial charge in [-0.3, -0.25) is 4.79 Å². The number of hydrogen-bond donors (Lipinski definition) is 0.